The number of hydrogen-bond acceptors (Lipinski definition) is 4. The Morgan fingerprint density at radius 2 is 2.05 bits per heavy atom. The summed E-state index contributed by atoms with van der Waals surface area (Å²) in [5.41, 5.74) is 1.02. The minimum Gasteiger partial charge on any atom is -0.345 e. The number of imidazole rings is 1. The van der Waals surface area contributed by atoms with Gasteiger partial charge in [0.2, 0.25) is 0 Å². The first-order valence-corrected chi connectivity index (χ1v) is 6.90. The number of nitrogens with one attached hydrogen (secondary N) is 1. The van der Waals surface area contributed by atoms with E-state index in [0.717, 1.165) is 4.96 Å². The summed E-state index contributed by atoms with van der Waals surface area (Å²) in [5, 5.41) is 4.48. The minimum atomic E-state index is -0.259. The van der Waals surface area contributed by atoms with Gasteiger partial charge in [0.05, 0.1) is 12.7 Å². The van der Waals surface area contributed by atoms with Crippen LogP contribution in [0.5, 0.6) is 0 Å². The van der Waals surface area contributed by atoms with Crippen LogP contribution >= 0.6 is 11.3 Å². The summed E-state index contributed by atoms with van der Waals surface area (Å²) in [6.07, 6.45) is 3.32. The van der Waals surface area contributed by atoms with Crippen molar-refractivity contribution < 1.29 is 9.59 Å². The van der Waals surface area contributed by atoms with Crippen molar-refractivity contribution in [3.63, 3.8) is 0 Å². The van der Waals surface area contributed by atoms with Crippen molar-refractivity contribution in [1.29, 1.82) is 0 Å². The third kappa shape index (κ3) is 2.33. The summed E-state index contributed by atoms with van der Waals surface area (Å²) in [6.45, 7) is -0.0443. The largest absolute Gasteiger partial charge is 0.345 e. The second-order valence-corrected chi connectivity index (χ2v) is 5.04. The molecule has 3 rings (SSSR count). The van der Waals surface area contributed by atoms with Gasteiger partial charge in [0.15, 0.2) is 10.7 Å². The van der Waals surface area contributed by atoms with Crippen molar-refractivity contribution in [1.82, 2.24) is 14.7 Å². The quantitative estimate of drug-likeness (QED) is 0.746. The van der Waals surface area contributed by atoms with Gasteiger partial charge < -0.3 is 5.32 Å². The lowest BCUT2D eigenvalue weighted by Crippen LogP contribution is -2.29. The molecule has 1 amide bonds. The van der Waals surface area contributed by atoms with E-state index in [1.807, 2.05) is 11.4 Å². The number of fused-ring (bicyclic) bond motifs is 1. The number of carbonyl (C=O) groups is 2. The molecule has 0 atom stereocenters. The highest BCUT2D eigenvalue weighted by molar-refractivity contribution is 7.15. The van der Waals surface area contributed by atoms with Gasteiger partial charge in [-0.2, -0.15) is 0 Å². The van der Waals surface area contributed by atoms with Gasteiger partial charge in [-0.1, -0.05) is 18.2 Å². The first-order valence-electron chi connectivity index (χ1n) is 6.03. The van der Waals surface area contributed by atoms with Gasteiger partial charge in [0, 0.05) is 17.1 Å². The molecule has 0 saturated heterocycles. The van der Waals surface area contributed by atoms with E-state index in [1.165, 1.54) is 17.5 Å². The van der Waals surface area contributed by atoms with Crippen LogP contribution < -0.4 is 5.32 Å². The van der Waals surface area contributed by atoms with Gasteiger partial charge in [0.1, 0.15) is 5.69 Å². The second kappa shape index (κ2) is 5.26. The van der Waals surface area contributed by atoms with Crippen molar-refractivity contribution in [2.24, 2.45) is 0 Å². The Hall–Kier alpha value is -2.47. The molecule has 3 aromatic rings. The summed E-state index contributed by atoms with van der Waals surface area (Å²) in [4.78, 5) is 28.8. The van der Waals surface area contributed by atoms with Gasteiger partial charge in [-0.05, 0) is 12.1 Å². The van der Waals surface area contributed by atoms with Crippen molar-refractivity contribution in [2.45, 2.75) is 0 Å². The fourth-order valence-electron chi connectivity index (χ4n) is 1.88. The Kier molecular flexibility index (Phi) is 3.30. The number of thiazole rings is 1. The van der Waals surface area contributed by atoms with E-state index >= 15 is 0 Å². The molecule has 0 radical (unpaired) electrons. The average Bonchev–Trinajstić information content (AvgIpc) is 3.08. The van der Waals surface area contributed by atoms with E-state index in [9.17, 15) is 9.59 Å². The van der Waals surface area contributed by atoms with Crippen LogP contribution in [0.25, 0.3) is 4.96 Å². The summed E-state index contributed by atoms with van der Waals surface area (Å²) < 4.78 is 1.72. The zero-order chi connectivity index (χ0) is 13.9. The Morgan fingerprint density at radius 3 is 2.85 bits per heavy atom. The normalized spacial score (nSPS) is 10.6. The number of ketones is 1. The van der Waals surface area contributed by atoms with Gasteiger partial charge >= 0.3 is 0 Å². The van der Waals surface area contributed by atoms with Gasteiger partial charge in [-0.25, -0.2) is 4.98 Å². The Labute approximate surface area is 118 Å². The van der Waals surface area contributed by atoms with Crippen molar-refractivity contribution in [3.8, 4) is 0 Å². The molecule has 0 aliphatic carbocycles. The van der Waals surface area contributed by atoms with Gasteiger partial charge in [-0.15, -0.1) is 11.3 Å². The summed E-state index contributed by atoms with van der Waals surface area (Å²) >= 11 is 1.46. The molecule has 100 valence electrons. The predicted octanol–water partition coefficient (Wildman–Crippen LogP) is 2.01. The topological polar surface area (TPSA) is 63.5 Å². The maximum absolute atomic E-state index is 12.1. The van der Waals surface area contributed by atoms with Crippen molar-refractivity contribution >= 4 is 28.0 Å². The van der Waals surface area contributed by atoms with Crippen LogP contribution in [-0.4, -0.2) is 27.6 Å². The fraction of sp³-hybridized carbons (Fsp3) is 0.0714. The number of aromatic nitrogens is 2. The molecular weight excluding hydrogens is 274 g/mol. The monoisotopic (exact) mass is 285 g/mol. The number of nitrogens with zero attached hydrogens (tertiary/aromatic N) is 2. The highest BCUT2D eigenvalue weighted by Gasteiger charge is 2.14. The van der Waals surface area contributed by atoms with Crippen LogP contribution in [0, 0.1) is 0 Å². The van der Waals surface area contributed by atoms with E-state index < -0.39 is 0 Å². The summed E-state index contributed by atoms with van der Waals surface area (Å²) in [6, 6.07) is 8.80. The molecule has 2 heterocycles. The maximum atomic E-state index is 12.1. The Bertz CT molecular complexity index is 761. The SMILES string of the molecule is O=C(NCC(=O)c1cnc2sccn12)c1ccccc1. The van der Waals surface area contributed by atoms with Crippen molar-refractivity contribution in [3.05, 3.63) is 59.4 Å². The van der Waals surface area contributed by atoms with Crippen LogP contribution in [0.1, 0.15) is 20.8 Å². The molecule has 6 heteroatoms. The van der Waals surface area contributed by atoms with Crippen LogP contribution in [-0.2, 0) is 0 Å². The van der Waals surface area contributed by atoms with Crippen LogP contribution in [0.3, 0.4) is 0 Å². The maximum Gasteiger partial charge on any atom is 0.251 e. The highest BCUT2D eigenvalue weighted by atomic mass is 32.1. The van der Waals surface area contributed by atoms with Gasteiger partial charge in [0.25, 0.3) is 5.91 Å². The smallest absolute Gasteiger partial charge is 0.251 e. The molecule has 0 aliphatic heterocycles. The predicted molar refractivity (Wildman–Crippen MR) is 76.2 cm³/mol. The van der Waals surface area contributed by atoms with E-state index in [1.54, 1.807) is 34.9 Å². The lowest BCUT2D eigenvalue weighted by Gasteiger charge is -2.03. The number of Topliss-reactive ketones (excluding diaryl/α,β-unsaturated/α-hetero) is 1. The molecule has 0 bridgehead atoms. The Balaban J connectivity index is 1.68. The zero-order valence-corrected chi connectivity index (χ0v) is 11.3. The molecule has 0 fully saturated rings. The third-order valence-corrected chi connectivity index (χ3v) is 3.65. The minimum absolute atomic E-state index is 0.0443. The van der Waals surface area contributed by atoms with E-state index in [4.69, 9.17) is 0 Å². The van der Waals surface area contributed by atoms with E-state index in [2.05, 4.69) is 10.3 Å². The Morgan fingerprint density at radius 1 is 1.25 bits per heavy atom. The summed E-state index contributed by atoms with van der Waals surface area (Å²) in [5.74, 6) is -0.426. The lowest BCUT2D eigenvalue weighted by molar-refractivity contribution is 0.0902. The highest BCUT2D eigenvalue weighted by Crippen LogP contribution is 2.12. The van der Waals surface area contributed by atoms with Crippen LogP contribution in [0.2, 0.25) is 0 Å². The van der Waals surface area contributed by atoms with E-state index in [-0.39, 0.29) is 18.2 Å². The second-order valence-electron chi connectivity index (χ2n) is 4.17. The average molecular weight is 285 g/mol. The molecule has 1 aromatic carbocycles. The first kappa shape index (κ1) is 12.6. The number of benzene rings is 1. The first-order chi connectivity index (χ1) is 9.75. The van der Waals surface area contributed by atoms with Crippen molar-refractivity contribution in [2.75, 3.05) is 6.54 Å². The zero-order valence-electron chi connectivity index (χ0n) is 10.4. The van der Waals surface area contributed by atoms with Crippen LogP contribution in [0.15, 0.2) is 48.1 Å². The van der Waals surface area contributed by atoms with Crippen LogP contribution in [0.4, 0.5) is 0 Å². The molecular formula is C14H11N3O2S. The van der Waals surface area contributed by atoms with E-state index in [0.29, 0.717) is 11.3 Å². The molecule has 0 aliphatic rings. The molecule has 0 saturated carbocycles. The molecule has 0 spiro atoms. The molecule has 0 unspecified atom stereocenters. The molecule has 1 N–H and O–H groups in total. The summed E-state index contributed by atoms with van der Waals surface area (Å²) in [7, 11) is 0. The fourth-order valence-corrected chi connectivity index (χ4v) is 2.57. The molecule has 2 aromatic heterocycles. The molecule has 5 nitrogen and oxygen atoms in total. The standard InChI is InChI=1S/C14H11N3O2S/c18-12(11-8-16-14-17(11)6-7-20-14)9-15-13(19)10-4-2-1-3-5-10/h1-8H,9H2,(H,15,19). The number of amides is 1. The number of hydrogen-bond donors (Lipinski definition) is 1. The lowest BCUT2D eigenvalue weighted by atomic mass is 10.2. The molecule has 20 heavy (non-hydrogen) atoms. The number of carbonyl (C=O) groups excluding carboxylic acids is 2. The third-order valence-electron chi connectivity index (χ3n) is 2.88. The van der Waals surface area contributed by atoms with Gasteiger partial charge in [-0.3, -0.25) is 14.0 Å². The number of rotatable bonds is 4.